The van der Waals surface area contributed by atoms with Gasteiger partial charge in [0.15, 0.2) is 11.5 Å². The molecule has 0 spiro atoms. The van der Waals surface area contributed by atoms with Crippen LogP contribution in [0.4, 0.5) is 0 Å². The lowest BCUT2D eigenvalue weighted by Gasteiger charge is -2.31. The Hall–Kier alpha value is -1.22. The fourth-order valence-corrected chi connectivity index (χ4v) is 3.70. The van der Waals surface area contributed by atoms with E-state index in [1.807, 2.05) is 0 Å². The quantitative estimate of drug-likeness (QED) is 0.712. The second-order valence-electron chi connectivity index (χ2n) is 6.60. The molecule has 130 valence electrons. The van der Waals surface area contributed by atoms with Crippen LogP contribution in [0.25, 0.3) is 0 Å². The van der Waals surface area contributed by atoms with Gasteiger partial charge in [-0.1, -0.05) is 20.3 Å². The van der Waals surface area contributed by atoms with Crippen LogP contribution in [0.3, 0.4) is 0 Å². The lowest BCUT2D eigenvalue weighted by atomic mass is 9.90. The number of nitrogens with zero attached hydrogens (tertiary/aromatic N) is 1. The molecule has 0 aliphatic carbocycles. The van der Waals surface area contributed by atoms with Gasteiger partial charge in [0.05, 0.1) is 14.2 Å². The molecule has 1 heterocycles. The van der Waals surface area contributed by atoms with E-state index in [0.717, 1.165) is 30.3 Å². The minimum atomic E-state index is 0.847. The van der Waals surface area contributed by atoms with Crippen molar-refractivity contribution >= 4 is 0 Å². The van der Waals surface area contributed by atoms with Crippen LogP contribution in [-0.2, 0) is 12.8 Å². The average Bonchev–Trinajstić information content (AvgIpc) is 2.61. The van der Waals surface area contributed by atoms with Gasteiger partial charge in [-0.3, -0.25) is 0 Å². The number of likely N-dealkylation sites (tertiary alicyclic amines) is 1. The third-order valence-electron chi connectivity index (χ3n) is 5.30. The van der Waals surface area contributed by atoms with Crippen LogP contribution in [0.5, 0.6) is 11.5 Å². The van der Waals surface area contributed by atoms with E-state index >= 15 is 0 Å². The number of benzene rings is 1. The summed E-state index contributed by atoms with van der Waals surface area (Å²) in [4.78, 5) is 2.57. The van der Waals surface area contributed by atoms with Crippen LogP contribution < -0.4 is 9.47 Å². The second-order valence-corrected chi connectivity index (χ2v) is 6.60. The van der Waals surface area contributed by atoms with E-state index in [2.05, 4.69) is 30.9 Å². The van der Waals surface area contributed by atoms with Crippen molar-refractivity contribution in [3.05, 3.63) is 23.3 Å². The Kier molecular flexibility index (Phi) is 7.22. The molecule has 1 fully saturated rings. The standard InChI is InChI=1S/C20H33NO2/c1-5-17-14-19(22-3)20(23-4)15-18(17)9-7-8-16-10-12-21(6-2)13-11-16/h14-16H,5-13H2,1-4H3. The molecule has 2 rings (SSSR count). The molecule has 0 radical (unpaired) electrons. The van der Waals surface area contributed by atoms with E-state index in [1.165, 1.54) is 56.4 Å². The molecule has 1 aromatic rings. The highest BCUT2D eigenvalue weighted by Crippen LogP contribution is 2.32. The van der Waals surface area contributed by atoms with Crippen LogP contribution in [0.2, 0.25) is 0 Å². The Morgan fingerprint density at radius 3 is 2.13 bits per heavy atom. The van der Waals surface area contributed by atoms with Gasteiger partial charge < -0.3 is 14.4 Å². The monoisotopic (exact) mass is 319 g/mol. The minimum absolute atomic E-state index is 0.847. The first-order valence-corrected chi connectivity index (χ1v) is 9.17. The number of ether oxygens (including phenoxy) is 2. The summed E-state index contributed by atoms with van der Waals surface area (Å²) in [6.07, 6.45) is 7.58. The summed E-state index contributed by atoms with van der Waals surface area (Å²) in [5, 5.41) is 0. The smallest absolute Gasteiger partial charge is 0.161 e. The summed E-state index contributed by atoms with van der Waals surface area (Å²) in [5.41, 5.74) is 2.82. The molecule has 1 aromatic carbocycles. The van der Waals surface area contributed by atoms with Gasteiger partial charge in [-0.15, -0.1) is 0 Å². The maximum absolute atomic E-state index is 5.47. The molecule has 1 aliphatic heterocycles. The highest BCUT2D eigenvalue weighted by atomic mass is 16.5. The van der Waals surface area contributed by atoms with Crippen molar-refractivity contribution in [2.75, 3.05) is 33.9 Å². The normalized spacial score (nSPS) is 16.5. The Morgan fingerprint density at radius 1 is 1.00 bits per heavy atom. The molecular formula is C20H33NO2. The van der Waals surface area contributed by atoms with Crippen LogP contribution >= 0.6 is 0 Å². The van der Waals surface area contributed by atoms with Crippen LogP contribution in [0.15, 0.2) is 12.1 Å². The topological polar surface area (TPSA) is 21.7 Å². The third-order valence-corrected chi connectivity index (χ3v) is 5.30. The summed E-state index contributed by atoms with van der Waals surface area (Å²) in [7, 11) is 3.42. The van der Waals surface area contributed by atoms with Crippen molar-refractivity contribution in [3.63, 3.8) is 0 Å². The van der Waals surface area contributed by atoms with E-state index in [1.54, 1.807) is 14.2 Å². The van der Waals surface area contributed by atoms with Gasteiger partial charge >= 0.3 is 0 Å². The minimum Gasteiger partial charge on any atom is -0.493 e. The molecule has 0 amide bonds. The van der Waals surface area contributed by atoms with Gasteiger partial charge in [0, 0.05) is 0 Å². The van der Waals surface area contributed by atoms with Gasteiger partial charge in [-0.2, -0.15) is 0 Å². The molecule has 3 nitrogen and oxygen atoms in total. The first-order valence-electron chi connectivity index (χ1n) is 9.17. The Bertz CT molecular complexity index is 479. The van der Waals surface area contributed by atoms with E-state index < -0.39 is 0 Å². The molecule has 0 unspecified atom stereocenters. The average molecular weight is 319 g/mol. The highest BCUT2D eigenvalue weighted by molar-refractivity contribution is 5.47. The predicted molar refractivity (Wildman–Crippen MR) is 96.7 cm³/mol. The first-order chi connectivity index (χ1) is 11.2. The Balaban J connectivity index is 1.90. The molecule has 0 aromatic heterocycles. The molecule has 0 N–H and O–H groups in total. The maximum Gasteiger partial charge on any atom is 0.161 e. The van der Waals surface area contributed by atoms with Crippen LogP contribution in [-0.4, -0.2) is 38.8 Å². The molecule has 0 bridgehead atoms. The zero-order chi connectivity index (χ0) is 16.7. The fourth-order valence-electron chi connectivity index (χ4n) is 3.70. The van der Waals surface area contributed by atoms with Crippen LogP contribution in [0, 0.1) is 5.92 Å². The van der Waals surface area contributed by atoms with Crippen LogP contribution in [0.1, 0.15) is 50.7 Å². The molecule has 0 saturated carbocycles. The lowest BCUT2D eigenvalue weighted by molar-refractivity contribution is 0.185. The summed E-state index contributed by atoms with van der Waals surface area (Å²) < 4.78 is 10.9. The molecule has 1 saturated heterocycles. The Labute approximate surface area is 142 Å². The van der Waals surface area contributed by atoms with Gasteiger partial charge in [0.2, 0.25) is 0 Å². The zero-order valence-corrected chi connectivity index (χ0v) is 15.4. The molecule has 3 heteroatoms. The first kappa shape index (κ1) is 18.1. The second kappa shape index (κ2) is 9.17. The van der Waals surface area contributed by atoms with Crippen molar-refractivity contribution in [1.82, 2.24) is 4.90 Å². The predicted octanol–water partition coefficient (Wildman–Crippen LogP) is 4.32. The van der Waals surface area contributed by atoms with E-state index in [9.17, 15) is 0 Å². The molecular weight excluding hydrogens is 286 g/mol. The fraction of sp³-hybridized carbons (Fsp3) is 0.700. The number of hydrogen-bond donors (Lipinski definition) is 0. The van der Waals surface area contributed by atoms with Gasteiger partial charge in [-0.25, -0.2) is 0 Å². The Morgan fingerprint density at radius 2 is 1.61 bits per heavy atom. The number of methoxy groups -OCH3 is 2. The van der Waals surface area contributed by atoms with Crippen molar-refractivity contribution in [2.45, 2.75) is 52.4 Å². The van der Waals surface area contributed by atoms with E-state index in [4.69, 9.17) is 9.47 Å². The molecule has 23 heavy (non-hydrogen) atoms. The van der Waals surface area contributed by atoms with Gasteiger partial charge in [0.1, 0.15) is 0 Å². The lowest BCUT2D eigenvalue weighted by Crippen LogP contribution is -2.33. The number of piperidine rings is 1. The third kappa shape index (κ3) is 4.87. The maximum atomic E-state index is 5.47. The summed E-state index contributed by atoms with van der Waals surface area (Å²) in [6, 6.07) is 4.32. The van der Waals surface area contributed by atoms with Gasteiger partial charge in [0.25, 0.3) is 0 Å². The zero-order valence-electron chi connectivity index (χ0n) is 15.4. The van der Waals surface area contributed by atoms with Crippen molar-refractivity contribution in [2.24, 2.45) is 5.92 Å². The van der Waals surface area contributed by atoms with E-state index in [-0.39, 0.29) is 0 Å². The SMILES string of the molecule is CCc1cc(OC)c(OC)cc1CCCC1CCN(CC)CC1. The van der Waals surface area contributed by atoms with Crippen molar-refractivity contribution < 1.29 is 9.47 Å². The molecule has 0 atom stereocenters. The number of aryl methyl sites for hydroxylation is 2. The largest absolute Gasteiger partial charge is 0.493 e. The van der Waals surface area contributed by atoms with Crippen molar-refractivity contribution in [3.8, 4) is 11.5 Å². The van der Waals surface area contributed by atoms with E-state index in [0.29, 0.717) is 0 Å². The molecule has 1 aliphatic rings. The number of rotatable bonds is 8. The number of hydrogen-bond acceptors (Lipinski definition) is 3. The van der Waals surface area contributed by atoms with Gasteiger partial charge in [-0.05, 0) is 80.9 Å². The summed E-state index contributed by atoms with van der Waals surface area (Å²) >= 11 is 0. The summed E-state index contributed by atoms with van der Waals surface area (Å²) in [5.74, 6) is 2.62. The van der Waals surface area contributed by atoms with Crippen molar-refractivity contribution in [1.29, 1.82) is 0 Å². The highest BCUT2D eigenvalue weighted by Gasteiger charge is 2.18. The summed E-state index contributed by atoms with van der Waals surface area (Å²) in [6.45, 7) is 8.27.